The third-order valence-corrected chi connectivity index (χ3v) is 6.44. The number of aryl methyl sites for hydroxylation is 1. The molecule has 10 heteroatoms. The number of rotatable bonds is 10. The second-order valence-electron chi connectivity index (χ2n) is 7.23. The lowest BCUT2D eigenvalue weighted by molar-refractivity contribution is -0.120. The average molecular weight is 481 g/mol. The third kappa shape index (κ3) is 6.42. The van der Waals surface area contributed by atoms with Gasteiger partial charge >= 0.3 is 0 Å². The molecule has 3 N–H and O–H groups in total. The Balaban J connectivity index is 1.72. The van der Waals surface area contributed by atoms with Crippen LogP contribution in [-0.2, 0) is 19.6 Å². The van der Waals surface area contributed by atoms with Gasteiger partial charge in [-0.1, -0.05) is 36.4 Å². The van der Waals surface area contributed by atoms with Crippen LogP contribution in [0.1, 0.15) is 11.1 Å². The van der Waals surface area contributed by atoms with Gasteiger partial charge in [0, 0.05) is 0 Å². The van der Waals surface area contributed by atoms with Crippen molar-refractivity contribution >= 4 is 33.7 Å². The zero-order chi connectivity index (χ0) is 24.6. The third-order valence-electron chi connectivity index (χ3n) is 4.67. The number of nitrogens with one attached hydrogen (secondary N) is 1. The van der Waals surface area contributed by atoms with E-state index in [1.54, 1.807) is 73.7 Å². The molecular formula is C24H24N4O5S. The van der Waals surface area contributed by atoms with Gasteiger partial charge in [0.2, 0.25) is 0 Å². The number of anilines is 1. The maximum Gasteiger partial charge on any atom is 0.264 e. The van der Waals surface area contributed by atoms with Gasteiger partial charge in [-0.2, -0.15) is 5.10 Å². The fourth-order valence-electron chi connectivity index (χ4n) is 3.01. The highest BCUT2D eigenvalue weighted by Crippen LogP contribution is 2.26. The molecule has 0 aliphatic rings. The highest BCUT2D eigenvalue weighted by atomic mass is 32.2. The number of hydrogen-bond acceptors (Lipinski definition) is 6. The lowest BCUT2D eigenvalue weighted by Crippen LogP contribution is -2.40. The van der Waals surface area contributed by atoms with E-state index in [0.29, 0.717) is 22.6 Å². The maximum absolute atomic E-state index is 13.3. The molecule has 0 bridgehead atoms. The summed E-state index contributed by atoms with van der Waals surface area (Å²) in [5.41, 5.74) is 9.16. The zero-order valence-corrected chi connectivity index (χ0v) is 19.2. The highest BCUT2D eigenvalue weighted by molar-refractivity contribution is 7.92. The summed E-state index contributed by atoms with van der Waals surface area (Å²) in [6.45, 7) is 1.09. The normalized spacial score (nSPS) is 11.2. The number of ether oxygens (including phenoxy) is 1. The number of carbonyl (C=O) groups is 2. The van der Waals surface area contributed by atoms with Crippen LogP contribution in [-0.4, -0.2) is 39.6 Å². The van der Waals surface area contributed by atoms with E-state index in [0.717, 1.165) is 4.31 Å². The van der Waals surface area contributed by atoms with Gasteiger partial charge < -0.3 is 10.5 Å². The monoisotopic (exact) mass is 480 g/mol. The van der Waals surface area contributed by atoms with E-state index in [-0.39, 0.29) is 11.5 Å². The first kappa shape index (κ1) is 24.5. The number of benzene rings is 3. The van der Waals surface area contributed by atoms with Crippen LogP contribution in [0.2, 0.25) is 0 Å². The molecule has 0 aliphatic heterocycles. The lowest BCUT2D eigenvalue weighted by atomic mass is 10.2. The molecule has 176 valence electrons. The summed E-state index contributed by atoms with van der Waals surface area (Å²) < 4.78 is 32.9. The van der Waals surface area contributed by atoms with E-state index in [1.165, 1.54) is 18.3 Å². The number of nitrogens with zero attached hydrogens (tertiary/aromatic N) is 2. The van der Waals surface area contributed by atoms with Crippen LogP contribution in [0.15, 0.2) is 88.9 Å². The van der Waals surface area contributed by atoms with Crippen LogP contribution in [0, 0.1) is 6.92 Å². The predicted octanol–water partition coefficient (Wildman–Crippen LogP) is 2.20. The van der Waals surface area contributed by atoms with E-state index >= 15 is 0 Å². The lowest BCUT2D eigenvalue weighted by Gasteiger charge is -2.25. The summed E-state index contributed by atoms with van der Waals surface area (Å²) >= 11 is 0. The predicted molar refractivity (Wildman–Crippen MR) is 129 cm³/mol. The molecule has 34 heavy (non-hydrogen) atoms. The van der Waals surface area contributed by atoms with Gasteiger partial charge in [-0.3, -0.25) is 13.9 Å². The van der Waals surface area contributed by atoms with E-state index in [1.807, 2.05) is 0 Å². The number of sulfonamides is 1. The Hall–Kier alpha value is -4.18. The van der Waals surface area contributed by atoms with Gasteiger partial charge in [-0.25, -0.2) is 13.8 Å². The standard InChI is InChI=1S/C24H24N4O5S/c1-18-7-5-6-10-22(18)28(34(31,32)21-8-3-2-4-9-21)16-24(30)27-26-15-19-11-13-20(14-12-19)33-17-23(25)29/h2-15H,16-17H2,1H3,(H2,25,29)(H,27,30)/b26-15+. The molecule has 0 aliphatic carbocycles. The van der Waals surface area contributed by atoms with Crippen LogP contribution in [0.5, 0.6) is 5.75 Å². The topological polar surface area (TPSA) is 131 Å². The molecule has 0 saturated carbocycles. The number of para-hydroxylation sites is 1. The molecule has 2 amide bonds. The van der Waals surface area contributed by atoms with Gasteiger partial charge in [0.1, 0.15) is 12.3 Å². The Bertz CT molecular complexity index is 1280. The smallest absolute Gasteiger partial charge is 0.264 e. The van der Waals surface area contributed by atoms with Gasteiger partial charge in [0.15, 0.2) is 6.61 Å². The van der Waals surface area contributed by atoms with Crippen molar-refractivity contribution in [2.75, 3.05) is 17.5 Å². The number of primary amides is 1. The number of nitrogens with two attached hydrogens (primary N) is 1. The molecule has 0 atom stereocenters. The quantitative estimate of drug-likeness (QED) is 0.339. The second kappa shape index (κ2) is 11.1. The number of carbonyl (C=O) groups excluding carboxylic acids is 2. The molecule has 0 spiro atoms. The van der Waals surface area contributed by atoms with Gasteiger partial charge in [0.05, 0.1) is 16.8 Å². The van der Waals surface area contributed by atoms with Crippen molar-refractivity contribution < 1.29 is 22.7 Å². The number of amides is 2. The van der Waals surface area contributed by atoms with Crippen molar-refractivity contribution in [3.8, 4) is 5.75 Å². The molecule has 9 nitrogen and oxygen atoms in total. The SMILES string of the molecule is Cc1ccccc1N(CC(=O)N/N=C/c1ccc(OCC(N)=O)cc1)S(=O)(=O)c1ccccc1. The summed E-state index contributed by atoms with van der Waals surface area (Å²) in [6, 6.07) is 21.4. The molecule has 0 saturated heterocycles. The van der Waals surface area contributed by atoms with Crippen LogP contribution in [0.25, 0.3) is 0 Å². The summed E-state index contributed by atoms with van der Waals surface area (Å²) in [5, 5.41) is 3.91. The average Bonchev–Trinajstić information content (AvgIpc) is 2.83. The van der Waals surface area contributed by atoms with Crippen LogP contribution >= 0.6 is 0 Å². The second-order valence-corrected chi connectivity index (χ2v) is 9.09. The molecule has 0 aromatic heterocycles. The minimum Gasteiger partial charge on any atom is -0.484 e. The Morgan fingerprint density at radius 2 is 1.65 bits per heavy atom. The number of hydrazone groups is 1. The van der Waals surface area contributed by atoms with Crippen molar-refractivity contribution in [2.24, 2.45) is 10.8 Å². The first-order valence-corrected chi connectivity index (χ1v) is 11.7. The molecule has 0 unspecified atom stereocenters. The fraction of sp³-hybridized carbons (Fsp3) is 0.125. The van der Waals surface area contributed by atoms with E-state index < -0.39 is 28.4 Å². The summed E-state index contributed by atoms with van der Waals surface area (Å²) in [7, 11) is -3.99. The van der Waals surface area contributed by atoms with Crippen LogP contribution in [0.3, 0.4) is 0 Å². The number of hydrogen-bond donors (Lipinski definition) is 2. The van der Waals surface area contributed by atoms with Crippen molar-refractivity contribution in [3.05, 3.63) is 90.0 Å². The van der Waals surface area contributed by atoms with Crippen LogP contribution in [0.4, 0.5) is 5.69 Å². The van der Waals surface area contributed by atoms with E-state index in [9.17, 15) is 18.0 Å². The van der Waals surface area contributed by atoms with Crippen molar-refractivity contribution in [2.45, 2.75) is 11.8 Å². The Morgan fingerprint density at radius 3 is 2.29 bits per heavy atom. The van der Waals surface area contributed by atoms with E-state index in [4.69, 9.17) is 10.5 Å². The minimum absolute atomic E-state index is 0.0770. The molecule has 3 aromatic rings. The molecule has 0 fully saturated rings. The van der Waals surface area contributed by atoms with E-state index in [2.05, 4.69) is 10.5 Å². The van der Waals surface area contributed by atoms with Gasteiger partial charge in [-0.15, -0.1) is 0 Å². The first-order chi connectivity index (χ1) is 16.3. The Labute approximate surface area is 197 Å². The zero-order valence-electron chi connectivity index (χ0n) is 18.4. The first-order valence-electron chi connectivity index (χ1n) is 10.2. The molecule has 0 heterocycles. The largest absolute Gasteiger partial charge is 0.484 e. The van der Waals surface area contributed by atoms with Crippen molar-refractivity contribution in [3.63, 3.8) is 0 Å². The summed E-state index contributed by atoms with van der Waals surface area (Å²) in [6.07, 6.45) is 1.40. The fourth-order valence-corrected chi connectivity index (χ4v) is 4.52. The van der Waals surface area contributed by atoms with Gasteiger partial charge in [0.25, 0.3) is 21.8 Å². The maximum atomic E-state index is 13.3. The molecule has 0 radical (unpaired) electrons. The Kier molecular flexibility index (Phi) is 7.99. The van der Waals surface area contributed by atoms with Crippen LogP contribution < -0.4 is 20.2 Å². The van der Waals surface area contributed by atoms with Gasteiger partial charge in [-0.05, 0) is 60.5 Å². The van der Waals surface area contributed by atoms with Crippen molar-refractivity contribution in [1.82, 2.24) is 5.43 Å². The molecule has 3 rings (SSSR count). The summed E-state index contributed by atoms with van der Waals surface area (Å²) in [5.74, 6) is -0.734. The highest BCUT2D eigenvalue weighted by Gasteiger charge is 2.27. The minimum atomic E-state index is -3.99. The summed E-state index contributed by atoms with van der Waals surface area (Å²) in [4.78, 5) is 23.5. The molecular weight excluding hydrogens is 456 g/mol. The molecule has 3 aromatic carbocycles. The van der Waals surface area contributed by atoms with Crippen molar-refractivity contribution in [1.29, 1.82) is 0 Å². The Morgan fingerprint density at radius 1 is 1.00 bits per heavy atom.